The van der Waals surface area contributed by atoms with Crippen LogP contribution >= 0.6 is 23.4 Å². The minimum Gasteiger partial charge on any atom is -0.431 e. The summed E-state index contributed by atoms with van der Waals surface area (Å²) >= 11 is 7.21. The number of oxazole rings is 1. The maximum Gasteiger partial charge on any atom is 0.257 e. The van der Waals surface area contributed by atoms with Crippen LogP contribution in [0.15, 0.2) is 58.2 Å². The first kappa shape index (κ1) is 18.3. The standard InChI is InChI=1S/C19H16ClN3O2S/c1-13(26-19-22-16-12-14(20)8-9-17(16)25-19)18(24)23(11-5-10-21)15-6-3-2-4-7-15/h2-4,6-9,12-13H,5,11H2,1H3. The Kier molecular flexibility index (Phi) is 5.82. The molecule has 1 amide bonds. The summed E-state index contributed by atoms with van der Waals surface area (Å²) in [6, 6.07) is 16.6. The molecule has 1 heterocycles. The molecule has 0 aliphatic rings. The Morgan fingerprint density at radius 3 is 2.85 bits per heavy atom. The fourth-order valence-electron chi connectivity index (χ4n) is 2.49. The van der Waals surface area contributed by atoms with Gasteiger partial charge in [0.2, 0.25) is 5.91 Å². The van der Waals surface area contributed by atoms with Crippen LogP contribution in [0.2, 0.25) is 5.02 Å². The fraction of sp³-hybridized carbons (Fsp3) is 0.211. The summed E-state index contributed by atoms with van der Waals surface area (Å²) in [5, 5.41) is 9.47. The number of thioether (sulfide) groups is 1. The second kappa shape index (κ2) is 8.26. The van der Waals surface area contributed by atoms with Crippen molar-refractivity contribution in [1.29, 1.82) is 5.26 Å². The van der Waals surface area contributed by atoms with Crippen LogP contribution in [0.4, 0.5) is 5.69 Å². The Hall–Kier alpha value is -2.49. The van der Waals surface area contributed by atoms with Crippen molar-refractivity contribution >= 4 is 46.1 Å². The van der Waals surface area contributed by atoms with E-state index in [1.54, 1.807) is 30.0 Å². The Labute approximate surface area is 160 Å². The molecule has 0 saturated heterocycles. The number of carbonyl (C=O) groups is 1. The van der Waals surface area contributed by atoms with E-state index in [1.165, 1.54) is 11.8 Å². The van der Waals surface area contributed by atoms with Crippen LogP contribution < -0.4 is 4.90 Å². The zero-order chi connectivity index (χ0) is 18.5. The number of carbonyl (C=O) groups excluding carboxylic acids is 1. The summed E-state index contributed by atoms with van der Waals surface area (Å²) in [6.07, 6.45) is 0.263. The average molecular weight is 386 g/mol. The Morgan fingerprint density at radius 1 is 1.35 bits per heavy atom. The molecule has 26 heavy (non-hydrogen) atoms. The Bertz CT molecular complexity index is 952. The molecule has 7 heteroatoms. The van der Waals surface area contributed by atoms with E-state index in [2.05, 4.69) is 11.1 Å². The van der Waals surface area contributed by atoms with Crippen LogP contribution in [0.3, 0.4) is 0 Å². The molecule has 0 aliphatic heterocycles. The number of hydrogen-bond donors (Lipinski definition) is 0. The molecule has 0 saturated carbocycles. The van der Waals surface area contributed by atoms with Gasteiger partial charge in [0.05, 0.1) is 17.7 Å². The number of anilines is 1. The van der Waals surface area contributed by atoms with Crippen LogP contribution in [0, 0.1) is 11.3 Å². The summed E-state index contributed by atoms with van der Waals surface area (Å²) in [6.45, 7) is 2.14. The third kappa shape index (κ3) is 4.18. The van der Waals surface area contributed by atoms with Crippen molar-refractivity contribution in [3.8, 4) is 6.07 Å². The lowest BCUT2D eigenvalue weighted by molar-refractivity contribution is -0.117. The van der Waals surface area contributed by atoms with Gasteiger partial charge < -0.3 is 9.32 Å². The second-order valence-electron chi connectivity index (χ2n) is 5.59. The van der Waals surface area contributed by atoms with Crippen molar-refractivity contribution in [2.45, 2.75) is 23.8 Å². The molecule has 0 bridgehead atoms. The second-order valence-corrected chi connectivity index (χ2v) is 7.31. The smallest absolute Gasteiger partial charge is 0.257 e. The van der Waals surface area contributed by atoms with Crippen molar-refractivity contribution in [3.05, 3.63) is 53.6 Å². The number of para-hydroxylation sites is 1. The van der Waals surface area contributed by atoms with Crippen molar-refractivity contribution in [2.75, 3.05) is 11.4 Å². The number of rotatable bonds is 6. The highest BCUT2D eigenvalue weighted by Crippen LogP contribution is 2.29. The molecule has 3 aromatic rings. The number of benzene rings is 2. The number of fused-ring (bicyclic) bond motifs is 1. The molecule has 1 aromatic heterocycles. The topological polar surface area (TPSA) is 70.1 Å². The van der Waals surface area contributed by atoms with Gasteiger partial charge in [0.25, 0.3) is 5.22 Å². The minimum absolute atomic E-state index is 0.100. The lowest BCUT2D eigenvalue weighted by Gasteiger charge is -2.24. The summed E-state index contributed by atoms with van der Waals surface area (Å²) in [5.41, 5.74) is 2.05. The molecule has 0 aliphatic carbocycles. The van der Waals surface area contributed by atoms with E-state index in [-0.39, 0.29) is 12.3 Å². The van der Waals surface area contributed by atoms with Gasteiger partial charge in [-0.1, -0.05) is 41.6 Å². The zero-order valence-corrected chi connectivity index (χ0v) is 15.6. The molecule has 3 rings (SSSR count). The van der Waals surface area contributed by atoms with Crippen molar-refractivity contribution < 1.29 is 9.21 Å². The van der Waals surface area contributed by atoms with Gasteiger partial charge in [-0.25, -0.2) is 4.98 Å². The lowest BCUT2D eigenvalue weighted by Crippen LogP contribution is -2.37. The highest BCUT2D eigenvalue weighted by molar-refractivity contribution is 8.00. The molecule has 132 valence electrons. The van der Waals surface area contributed by atoms with Gasteiger partial charge in [-0.15, -0.1) is 0 Å². The first-order chi connectivity index (χ1) is 12.6. The zero-order valence-electron chi connectivity index (χ0n) is 14.1. The van der Waals surface area contributed by atoms with Crippen LogP contribution in [-0.2, 0) is 4.79 Å². The van der Waals surface area contributed by atoms with Gasteiger partial charge in [-0.2, -0.15) is 5.26 Å². The molecule has 0 fully saturated rings. The number of halogens is 1. The normalized spacial score (nSPS) is 11.9. The molecular weight excluding hydrogens is 370 g/mol. The predicted octanol–water partition coefficient (Wildman–Crippen LogP) is 4.91. The largest absolute Gasteiger partial charge is 0.431 e. The summed E-state index contributed by atoms with van der Waals surface area (Å²) < 4.78 is 5.68. The van der Waals surface area contributed by atoms with Gasteiger partial charge in [0.1, 0.15) is 5.52 Å². The van der Waals surface area contributed by atoms with Crippen LogP contribution in [0.1, 0.15) is 13.3 Å². The number of hydrogen-bond acceptors (Lipinski definition) is 5. The summed E-state index contributed by atoms with van der Waals surface area (Å²) in [4.78, 5) is 18.9. The number of amides is 1. The third-order valence-electron chi connectivity index (χ3n) is 3.74. The van der Waals surface area contributed by atoms with E-state index in [0.717, 1.165) is 5.69 Å². The van der Waals surface area contributed by atoms with E-state index in [0.29, 0.717) is 27.9 Å². The third-order valence-corrected chi connectivity index (χ3v) is 4.90. The summed E-state index contributed by atoms with van der Waals surface area (Å²) in [5.74, 6) is -0.100. The Morgan fingerprint density at radius 2 is 2.12 bits per heavy atom. The van der Waals surface area contributed by atoms with Gasteiger partial charge in [0, 0.05) is 17.3 Å². The highest BCUT2D eigenvalue weighted by Gasteiger charge is 2.24. The highest BCUT2D eigenvalue weighted by atomic mass is 35.5. The Balaban J connectivity index is 1.78. The van der Waals surface area contributed by atoms with E-state index in [4.69, 9.17) is 21.3 Å². The quantitative estimate of drug-likeness (QED) is 0.564. The lowest BCUT2D eigenvalue weighted by atomic mass is 10.2. The van der Waals surface area contributed by atoms with Crippen molar-refractivity contribution in [2.24, 2.45) is 0 Å². The maximum absolute atomic E-state index is 12.9. The summed E-state index contributed by atoms with van der Waals surface area (Å²) in [7, 11) is 0. The van der Waals surface area contributed by atoms with E-state index in [9.17, 15) is 4.79 Å². The van der Waals surface area contributed by atoms with Crippen molar-refractivity contribution in [3.63, 3.8) is 0 Å². The number of nitrogens with zero attached hydrogens (tertiary/aromatic N) is 3. The molecule has 0 N–H and O–H groups in total. The minimum atomic E-state index is -0.419. The van der Waals surface area contributed by atoms with Crippen LogP contribution in [0.5, 0.6) is 0 Å². The number of aromatic nitrogens is 1. The maximum atomic E-state index is 12.9. The molecule has 5 nitrogen and oxygen atoms in total. The molecule has 1 unspecified atom stereocenters. The van der Waals surface area contributed by atoms with Crippen molar-refractivity contribution in [1.82, 2.24) is 4.98 Å². The predicted molar refractivity (Wildman–Crippen MR) is 103 cm³/mol. The van der Waals surface area contributed by atoms with Gasteiger partial charge in [0.15, 0.2) is 5.58 Å². The van der Waals surface area contributed by atoms with Crippen LogP contribution in [-0.4, -0.2) is 22.7 Å². The molecular formula is C19H16ClN3O2S. The molecule has 2 aromatic carbocycles. The first-order valence-electron chi connectivity index (χ1n) is 8.04. The van der Waals surface area contributed by atoms with E-state index in [1.807, 2.05) is 30.3 Å². The van der Waals surface area contributed by atoms with E-state index >= 15 is 0 Å². The van der Waals surface area contributed by atoms with E-state index < -0.39 is 5.25 Å². The first-order valence-corrected chi connectivity index (χ1v) is 9.30. The molecule has 0 radical (unpaired) electrons. The number of nitriles is 1. The fourth-order valence-corrected chi connectivity index (χ4v) is 3.47. The van der Waals surface area contributed by atoms with Gasteiger partial charge >= 0.3 is 0 Å². The van der Waals surface area contributed by atoms with Gasteiger partial charge in [-0.05, 0) is 37.3 Å². The average Bonchev–Trinajstić information content (AvgIpc) is 3.04. The SMILES string of the molecule is CC(Sc1nc2cc(Cl)ccc2o1)C(=O)N(CCC#N)c1ccccc1. The molecule has 0 spiro atoms. The van der Waals surface area contributed by atoms with Crippen LogP contribution in [0.25, 0.3) is 11.1 Å². The molecule has 1 atom stereocenters. The monoisotopic (exact) mass is 385 g/mol. The van der Waals surface area contributed by atoms with Gasteiger partial charge in [-0.3, -0.25) is 4.79 Å².